The average molecular weight is 999 g/mol. The molecule has 11 atom stereocenters. The summed E-state index contributed by atoms with van der Waals surface area (Å²) in [5.74, 6) is -5.39. The molecule has 3 aliphatic carbocycles. The van der Waals surface area contributed by atoms with Gasteiger partial charge in [0.1, 0.15) is 35.7 Å². The Labute approximate surface area is 365 Å². The third-order valence-corrected chi connectivity index (χ3v) is 12.9. The van der Waals surface area contributed by atoms with Gasteiger partial charge in [-0.15, -0.1) is 0 Å². The second-order valence-corrected chi connectivity index (χ2v) is 16.2. The van der Waals surface area contributed by atoms with Crippen molar-refractivity contribution < 1.29 is 102 Å². The van der Waals surface area contributed by atoms with Crippen LogP contribution in [0.15, 0.2) is 102 Å². The fraction of sp³-hybridized carbons (Fsp3) is 0.442. The first-order valence-electron chi connectivity index (χ1n) is 18.7. The molecule has 57 heavy (non-hydrogen) atoms. The van der Waals surface area contributed by atoms with E-state index in [9.17, 15) is 39.6 Å². The van der Waals surface area contributed by atoms with Crippen molar-refractivity contribution in [2.24, 2.45) is 16.7 Å². The van der Waals surface area contributed by atoms with E-state index < -0.39 is 101 Å². The first kappa shape index (κ1) is 43.2. The van der Waals surface area contributed by atoms with Gasteiger partial charge < -0.3 is 40.0 Å². The van der Waals surface area contributed by atoms with Crippen LogP contribution in [-0.4, -0.2) is 98.6 Å². The molecule has 1 saturated heterocycles. The fourth-order valence-corrected chi connectivity index (χ4v) is 9.50. The van der Waals surface area contributed by atoms with Crippen molar-refractivity contribution in [1.82, 2.24) is 5.32 Å². The van der Waals surface area contributed by atoms with E-state index in [1.165, 1.54) is 39.8 Å². The molecule has 1 amide bonds. The number of benzene rings is 3. The number of aliphatic hydroxyl groups excluding tert-OH is 2. The Balaban J connectivity index is 0.00000549. The van der Waals surface area contributed by atoms with Crippen LogP contribution < -0.4 is 5.32 Å². The van der Waals surface area contributed by atoms with Crippen LogP contribution in [0.5, 0.6) is 0 Å². The van der Waals surface area contributed by atoms with Gasteiger partial charge in [-0.3, -0.25) is 9.59 Å². The number of carbonyl (C=O) groups is 4. The topological polar surface area (TPSA) is 189 Å². The van der Waals surface area contributed by atoms with Gasteiger partial charge in [0.2, 0.25) is 0 Å². The number of fused-ring (bicyclic) bond motifs is 5. The first-order chi connectivity index (χ1) is 26.5. The number of aliphatic hydroxyl groups is 4. The SMILES string of the molecule is CC1=C2C(O)C(=O)[C@]3(C)C(F)CC4OC[C@@]4(O)C3C(OC(=O)c3ccccc3)C(O)(CC1OC(=O)C(O)C(NC(=O)c1ccccc1)c1ccccc1)C2(C)C.[Ac]. The Kier molecular flexibility index (Phi) is 12.1. The second kappa shape index (κ2) is 16.0. The van der Waals surface area contributed by atoms with E-state index in [4.69, 9.17) is 14.2 Å². The number of hydrogen-bond donors (Lipinski definition) is 5. The predicted octanol–water partition coefficient (Wildman–Crippen LogP) is 3.57. The minimum absolute atomic E-state index is 0. The van der Waals surface area contributed by atoms with Gasteiger partial charge in [-0.25, -0.2) is 14.0 Å². The average Bonchev–Trinajstić information content (AvgIpc) is 3.19. The third-order valence-electron chi connectivity index (χ3n) is 12.9. The van der Waals surface area contributed by atoms with Crippen LogP contribution in [0.1, 0.15) is 72.9 Å². The quantitative estimate of drug-likeness (QED) is 0.164. The van der Waals surface area contributed by atoms with E-state index in [1.807, 2.05) is 0 Å². The molecule has 299 valence electrons. The Bertz CT molecular complexity index is 2050. The number of esters is 2. The van der Waals surface area contributed by atoms with Gasteiger partial charge in [0.25, 0.3) is 5.91 Å². The number of nitrogens with one attached hydrogen (secondary N) is 1. The number of ketones is 1. The molecular formula is C43H46AcFNO11. The van der Waals surface area contributed by atoms with Crippen LogP contribution in [0.25, 0.3) is 0 Å². The van der Waals surface area contributed by atoms with Crippen molar-refractivity contribution in [3.05, 3.63) is 119 Å². The van der Waals surface area contributed by atoms with Crippen molar-refractivity contribution >= 4 is 23.6 Å². The number of rotatable bonds is 8. The summed E-state index contributed by atoms with van der Waals surface area (Å²) in [6, 6.07) is 23.0. The van der Waals surface area contributed by atoms with Gasteiger partial charge in [0.05, 0.1) is 29.7 Å². The zero-order chi connectivity index (χ0) is 40.4. The molecule has 4 aliphatic rings. The van der Waals surface area contributed by atoms with Gasteiger partial charge in [-0.2, -0.15) is 0 Å². The maximum atomic E-state index is 16.6. The molecule has 2 bridgehead atoms. The molecule has 7 rings (SSSR count). The Morgan fingerprint density at radius 3 is 2.02 bits per heavy atom. The monoisotopic (exact) mass is 998 g/mol. The smallest absolute Gasteiger partial charge is 0.338 e. The van der Waals surface area contributed by atoms with Gasteiger partial charge >= 0.3 is 11.9 Å². The molecule has 3 fully saturated rings. The zero-order valence-electron chi connectivity index (χ0n) is 32.0. The molecule has 1 radical (unpaired) electrons. The Morgan fingerprint density at radius 1 is 0.895 bits per heavy atom. The van der Waals surface area contributed by atoms with Gasteiger partial charge in [-0.05, 0) is 54.8 Å². The fourth-order valence-electron chi connectivity index (χ4n) is 9.50. The number of Topliss-reactive ketones (excluding diaryl/α,β-unsaturated/α-hetero) is 1. The third kappa shape index (κ3) is 7.03. The number of ether oxygens (including phenoxy) is 3. The summed E-state index contributed by atoms with van der Waals surface area (Å²) in [7, 11) is 0. The Morgan fingerprint density at radius 2 is 1.46 bits per heavy atom. The molecule has 14 heteroatoms. The number of halogens is 1. The van der Waals surface area contributed by atoms with E-state index in [-0.39, 0.29) is 79.4 Å². The minimum atomic E-state index is -2.36. The molecule has 1 heterocycles. The molecule has 3 aromatic carbocycles. The summed E-state index contributed by atoms with van der Waals surface area (Å²) in [6.07, 6.45) is -11.4. The van der Waals surface area contributed by atoms with Crippen LogP contribution in [0, 0.1) is 60.8 Å². The molecular weight excluding hydrogens is 952 g/mol. The van der Waals surface area contributed by atoms with Crippen LogP contribution in [-0.2, 0) is 23.8 Å². The molecule has 12 nitrogen and oxygen atoms in total. The zero-order valence-corrected chi connectivity index (χ0v) is 36.7. The van der Waals surface area contributed by atoms with Crippen LogP contribution in [0.2, 0.25) is 0 Å². The second-order valence-electron chi connectivity index (χ2n) is 16.2. The maximum Gasteiger partial charge on any atom is 0.338 e. The normalized spacial score (nSPS) is 33.7. The molecule has 5 N–H and O–H groups in total. The van der Waals surface area contributed by atoms with Crippen molar-refractivity contribution in [2.45, 2.75) is 94.5 Å². The minimum Gasteiger partial charge on any atom is -0.456 e. The van der Waals surface area contributed by atoms with E-state index in [1.54, 1.807) is 78.9 Å². The van der Waals surface area contributed by atoms with E-state index in [0.29, 0.717) is 5.56 Å². The number of amides is 1. The molecule has 0 spiro atoms. The van der Waals surface area contributed by atoms with Crippen molar-refractivity contribution in [3.8, 4) is 0 Å². The molecule has 1 aliphatic heterocycles. The van der Waals surface area contributed by atoms with Crippen molar-refractivity contribution in [3.63, 3.8) is 0 Å². The predicted molar refractivity (Wildman–Crippen MR) is 197 cm³/mol. The van der Waals surface area contributed by atoms with Crippen molar-refractivity contribution in [2.75, 3.05) is 6.61 Å². The van der Waals surface area contributed by atoms with Gasteiger partial charge in [0, 0.05) is 73.8 Å². The summed E-state index contributed by atoms with van der Waals surface area (Å²) >= 11 is 0. The van der Waals surface area contributed by atoms with E-state index >= 15 is 4.39 Å². The number of alkyl halides is 1. The number of hydrogen-bond acceptors (Lipinski definition) is 11. The molecule has 2 saturated carbocycles. The van der Waals surface area contributed by atoms with Crippen LogP contribution in [0.4, 0.5) is 4.39 Å². The maximum absolute atomic E-state index is 16.6. The molecule has 9 unspecified atom stereocenters. The van der Waals surface area contributed by atoms with E-state index in [0.717, 1.165) is 0 Å². The van der Waals surface area contributed by atoms with Gasteiger partial charge in [-0.1, -0.05) is 80.6 Å². The van der Waals surface area contributed by atoms with E-state index in [2.05, 4.69) is 5.32 Å². The van der Waals surface area contributed by atoms with Crippen LogP contribution >= 0.6 is 0 Å². The molecule has 3 aromatic rings. The summed E-state index contributed by atoms with van der Waals surface area (Å²) < 4.78 is 34.3. The summed E-state index contributed by atoms with van der Waals surface area (Å²) in [6.45, 7) is 5.44. The van der Waals surface area contributed by atoms with Crippen molar-refractivity contribution in [1.29, 1.82) is 0 Å². The summed E-state index contributed by atoms with van der Waals surface area (Å²) in [5, 5.41) is 51.8. The largest absolute Gasteiger partial charge is 0.456 e. The molecule has 0 aromatic heterocycles. The van der Waals surface area contributed by atoms with Crippen LogP contribution in [0.3, 0.4) is 0 Å². The number of carbonyl (C=O) groups excluding carboxylic acids is 4. The first-order valence-corrected chi connectivity index (χ1v) is 18.7. The summed E-state index contributed by atoms with van der Waals surface area (Å²) in [4.78, 5) is 55.9. The summed E-state index contributed by atoms with van der Waals surface area (Å²) in [5.41, 5.74) is -7.38. The Hall–Kier alpha value is -3.35. The standard InChI is InChI=1S/C43H46FNO11.Ac/c1-23-27(55-39(51)33(47)31(24-14-8-5-9-15-24)45-37(49)25-16-10-6-11-17-25)21-43(53)36(56-38(50)26-18-12-7-13-19-26)34-41(4,28(44)20-29-42(34,52)22-54-29)35(48)32(46)30(23)40(43,2)3;/h5-19,27-29,31-34,36,46-47,52-53H,20-22H2,1-4H3,(H,45,49);/t27?,28?,29?,31?,32?,33?,34?,36?,41-,42+,43?;/m1./s1. The van der Waals surface area contributed by atoms with Gasteiger partial charge in [0.15, 0.2) is 11.9 Å².